The molecule has 0 saturated carbocycles. The molecular weight excluding hydrogens is 282 g/mol. The van der Waals surface area contributed by atoms with Crippen LogP contribution in [0, 0.1) is 6.92 Å². The van der Waals surface area contributed by atoms with Gasteiger partial charge in [0, 0.05) is 0 Å². The van der Waals surface area contributed by atoms with E-state index in [9.17, 15) is 0 Å². The van der Waals surface area contributed by atoms with Crippen LogP contribution in [-0.2, 0) is 0 Å². The van der Waals surface area contributed by atoms with Crippen LogP contribution in [0.15, 0.2) is 21.2 Å². The third-order valence-corrected chi connectivity index (χ3v) is 3.33. The first kappa shape index (κ1) is 12.1. The number of aromatic nitrogens is 2. The molecule has 0 amide bonds. The van der Waals surface area contributed by atoms with Crippen molar-refractivity contribution in [2.75, 3.05) is 5.73 Å². The Labute approximate surface area is 108 Å². The molecule has 2 heterocycles. The highest BCUT2D eigenvalue weighted by molar-refractivity contribution is 9.10. The van der Waals surface area contributed by atoms with E-state index in [0.717, 1.165) is 15.7 Å². The molecular formula is C12H14BrN3O. The molecule has 0 unspecified atom stereocenters. The highest BCUT2D eigenvalue weighted by atomic mass is 79.9. The molecule has 0 aliphatic rings. The Balaban J connectivity index is 2.61. The summed E-state index contributed by atoms with van der Waals surface area (Å²) in [4.78, 5) is 8.75. The van der Waals surface area contributed by atoms with Gasteiger partial charge in [-0.3, -0.25) is 0 Å². The summed E-state index contributed by atoms with van der Waals surface area (Å²) in [5, 5.41) is 0. The number of halogens is 1. The Bertz CT molecular complexity index is 549. The van der Waals surface area contributed by atoms with E-state index < -0.39 is 0 Å². The Morgan fingerprint density at radius 2 is 2.06 bits per heavy atom. The Kier molecular flexibility index (Phi) is 3.19. The number of nitrogens with zero attached hydrogens (tertiary/aromatic N) is 2. The van der Waals surface area contributed by atoms with Crippen molar-refractivity contribution < 1.29 is 4.42 Å². The minimum absolute atomic E-state index is 0.267. The van der Waals surface area contributed by atoms with Crippen LogP contribution in [0.5, 0.6) is 0 Å². The van der Waals surface area contributed by atoms with E-state index in [1.54, 1.807) is 6.26 Å². The van der Waals surface area contributed by atoms with Crippen molar-refractivity contribution in [2.45, 2.75) is 26.7 Å². The summed E-state index contributed by atoms with van der Waals surface area (Å²) in [5.41, 5.74) is 7.77. The molecule has 0 aliphatic carbocycles. The molecule has 2 N–H and O–H groups in total. The van der Waals surface area contributed by atoms with E-state index in [1.807, 2.05) is 13.0 Å². The summed E-state index contributed by atoms with van der Waals surface area (Å²) in [5.74, 6) is 1.92. The fourth-order valence-electron chi connectivity index (χ4n) is 1.57. The largest absolute Gasteiger partial charge is 0.461 e. The van der Waals surface area contributed by atoms with Gasteiger partial charge in [0.15, 0.2) is 11.6 Å². The first-order valence-electron chi connectivity index (χ1n) is 5.38. The van der Waals surface area contributed by atoms with Gasteiger partial charge in [0.1, 0.15) is 5.82 Å². The summed E-state index contributed by atoms with van der Waals surface area (Å²) in [6, 6.07) is 1.88. The van der Waals surface area contributed by atoms with Crippen LogP contribution < -0.4 is 5.73 Å². The fourth-order valence-corrected chi connectivity index (χ4v) is 2.20. The molecule has 4 nitrogen and oxygen atoms in total. The van der Waals surface area contributed by atoms with Crippen LogP contribution in [0.2, 0.25) is 0 Å². The molecule has 2 rings (SSSR count). The molecule has 0 atom stereocenters. The monoisotopic (exact) mass is 295 g/mol. The number of nitrogen functional groups attached to an aromatic ring is 1. The summed E-state index contributed by atoms with van der Waals surface area (Å²) >= 11 is 3.42. The number of anilines is 1. The Morgan fingerprint density at radius 1 is 1.35 bits per heavy atom. The molecule has 0 saturated heterocycles. The zero-order valence-corrected chi connectivity index (χ0v) is 11.6. The van der Waals surface area contributed by atoms with Crippen molar-refractivity contribution in [1.29, 1.82) is 0 Å². The van der Waals surface area contributed by atoms with Gasteiger partial charge in [0.05, 0.1) is 16.4 Å². The average molecular weight is 296 g/mol. The van der Waals surface area contributed by atoms with Crippen LogP contribution in [0.4, 0.5) is 5.82 Å². The van der Waals surface area contributed by atoms with E-state index in [-0.39, 0.29) is 5.92 Å². The van der Waals surface area contributed by atoms with Gasteiger partial charge in [0.2, 0.25) is 0 Å². The summed E-state index contributed by atoms with van der Waals surface area (Å²) in [7, 11) is 0. The third kappa shape index (κ3) is 2.20. The predicted octanol–water partition coefficient (Wildman–Crippen LogP) is 3.51. The lowest BCUT2D eigenvalue weighted by Crippen LogP contribution is -2.04. The summed E-state index contributed by atoms with van der Waals surface area (Å²) in [6.45, 7) is 6.08. The minimum atomic E-state index is 0.267. The number of furan rings is 1. The molecule has 0 radical (unpaired) electrons. The first-order chi connectivity index (χ1) is 8.00. The second kappa shape index (κ2) is 4.49. The molecule has 5 heteroatoms. The molecule has 0 aromatic carbocycles. The van der Waals surface area contributed by atoms with Gasteiger partial charge in [-0.05, 0) is 40.4 Å². The van der Waals surface area contributed by atoms with Crippen molar-refractivity contribution in [3.63, 3.8) is 0 Å². The number of aryl methyl sites for hydroxylation is 1. The molecule has 2 aromatic rings. The van der Waals surface area contributed by atoms with Gasteiger partial charge in [-0.25, -0.2) is 9.97 Å². The molecule has 0 spiro atoms. The average Bonchev–Trinajstić information content (AvgIpc) is 2.68. The van der Waals surface area contributed by atoms with Crippen molar-refractivity contribution in [2.24, 2.45) is 0 Å². The Morgan fingerprint density at radius 3 is 2.59 bits per heavy atom. The van der Waals surface area contributed by atoms with Crippen LogP contribution >= 0.6 is 15.9 Å². The first-order valence-corrected chi connectivity index (χ1v) is 6.17. The topological polar surface area (TPSA) is 64.9 Å². The van der Waals surface area contributed by atoms with Crippen LogP contribution in [0.1, 0.15) is 31.0 Å². The lowest BCUT2D eigenvalue weighted by atomic mass is 10.1. The van der Waals surface area contributed by atoms with Gasteiger partial charge < -0.3 is 10.2 Å². The van der Waals surface area contributed by atoms with E-state index in [1.165, 1.54) is 0 Å². The highest BCUT2D eigenvalue weighted by Crippen LogP contribution is 2.30. The lowest BCUT2D eigenvalue weighted by Gasteiger charge is -2.10. The SMILES string of the molecule is Cc1ccoc1-c1nc(N)c(Br)c(C(C)C)n1. The molecule has 90 valence electrons. The molecule has 0 fully saturated rings. The number of rotatable bonds is 2. The molecule has 0 aliphatic heterocycles. The summed E-state index contributed by atoms with van der Waals surface area (Å²) in [6.07, 6.45) is 1.63. The third-order valence-electron chi connectivity index (χ3n) is 2.51. The van der Waals surface area contributed by atoms with E-state index in [0.29, 0.717) is 17.4 Å². The molecule has 0 bridgehead atoms. The number of hydrogen-bond donors (Lipinski definition) is 1. The minimum Gasteiger partial charge on any atom is -0.461 e. The second-order valence-electron chi connectivity index (χ2n) is 4.22. The van der Waals surface area contributed by atoms with Crippen LogP contribution in [-0.4, -0.2) is 9.97 Å². The maximum absolute atomic E-state index is 5.88. The zero-order valence-electron chi connectivity index (χ0n) is 9.99. The van der Waals surface area contributed by atoms with Gasteiger partial charge in [-0.1, -0.05) is 13.8 Å². The van der Waals surface area contributed by atoms with Gasteiger partial charge in [-0.15, -0.1) is 0 Å². The smallest absolute Gasteiger partial charge is 0.198 e. The van der Waals surface area contributed by atoms with E-state index >= 15 is 0 Å². The van der Waals surface area contributed by atoms with E-state index in [4.69, 9.17) is 10.2 Å². The number of hydrogen-bond acceptors (Lipinski definition) is 4. The maximum Gasteiger partial charge on any atom is 0.198 e. The predicted molar refractivity (Wildman–Crippen MR) is 70.7 cm³/mol. The van der Waals surface area contributed by atoms with Crippen molar-refractivity contribution >= 4 is 21.7 Å². The maximum atomic E-state index is 5.88. The zero-order chi connectivity index (χ0) is 12.6. The van der Waals surface area contributed by atoms with Crippen LogP contribution in [0.3, 0.4) is 0 Å². The van der Waals surface area contributed by atoms with Crippen molar-refractivity contribution in [3.8, 4) is 11.6 Å². The standard InChI is InChI=1S/C12H14BrN3O/c1-6(2)9-8(13)11(14)16-12(15-9)10-7(3)4-5-17-10/h4-6H,1-3H3,(H2,14,15,16). The normalized spacial score (nSPS) is 11.1. The number of nitrogens with two attached hydrogens (primary N) is 1. The van der Waals surface area contributed by atoms with Crippen LogP contribution in [0.25, 0.3) is 11.6 Å². The van der Waals surface area contributed by atoms with Gasteiger partial charge in [-0.2, -0.15) is 0 Å². The lowest BCUT2D eigenvalue weighted by molar-refractivity contribution is 0.574. The second-order valence-corrected chi connectivity index (χ2v) is 5.01. The fraction of sp³-hybridized carbons (Fsp3) is 0.333. The highest BCUT2D eigenvalue weighted by Gasteiger charge is 2.16. The van der Waals surface area contributed by atoms with Gasteiger partial charge >= 0.3 is 0 Å². The van der Waals surface area contributed by atoms with Crippen molar-refractivity contribution in [3.05, 3.63) is 28.1 Å². The Hall–Kier alpha value is -1.36. The van der Waals surface area contributed by atoms with E-state index in [2.05, 4.69) is 39.7 Å². The van der Waals surface area contributed by atoms with Crippen molar-refractivity contribution in [1.82, 2.24) is 9.97 Å². The van der Waals surface area contributed by atoms with Gasteiger partial charge in [0.25, 0.3) is 0 Å². The molecule has 17 heavy (non-hydrogen) atoms. The quantitative estimate of drug-likeness (QED) is 0.921. The summed E-state index contributed by atoms with van der Waals surface area (Å²) < 4.78 is 6.15. The molecule has 2 aromatic heterocycles.